The molecule has 4 atom stereocenters. The number of carbonyl (C=O) groups is 2. The lowest BCUT2D eigenvalue weighted by atomic mass is 9.90. The van der Waals surface area contributed by atoms with Crippen LogP contribution in [0.25, 0.3) is 0 Å². The lowest BCUT2D eigenvalue weighted by molar-refractivity contribution is -0.139. The van der Waals surface area contributed by atoms with Gasteiger partial charge in [-0.15, -0.1) is 0 Å². The van der Waals surface area contributed by atoms with Crippen molar-refractivity contribution < 1.29 is 29.3 Å². The first kappa shape index (κ1) is 21.1. The van der Waals surface area contributed by atoms with E-state index in [0.717, 1.165) is 5.56 Å². The largest absolute Gasteiger partial charge is 0.481 e. The van der Waals surface area contributed by atoms with Crippen molar-refractivity contribution in [3.63, 3.8) is 0 Å². The normalized spacial score (nSPS) is 22.6. The fourth-order valence-corrected chi connectivity index (χ4v) is 3.54. The first-order valence-electron chi connectivity index (χ1n) is 9.02. The second-order valence-corrected chi connectivity index (χ2v) is 7.19. The minimum absolute atomic E-state index is 0.0191. The summed E-state index contributed by atoms with van der Waals surface area (Å²) in [5.41, 5.74) is 0.836. The van der Waals surface area contributed by atoms with Gasteiger partial charge in [-0.1, -0.05) is 24.3 Å². The Balaban J connectivity index is 2.17. The average molecular weight is 379 g/mol. The van der Waals surface area contributed by atoms with E-state index in [2.05, 4.69) is 0 Å². The Morgan fingerprint density at radius 1 is 1.30 bits per heavy atom. The van der Waals surface area contributed by atoms with Crippen LogP contribution in [0.5, 0.6) is 0 Å². The third-order valence-corrected chi connectivity index (χ3v) is 4.72. The molecule has 1 heterocycles. The number of benzene rings is 1. The van der Waals surface area contributed by atoms with E-state index in [1.54, 1.807) is 23.1 Å². The van der Waals surface area contributed by atoms with Crippen LogP contribution in [0.3, 0.4) is 0 Å². The van der Waals surface area contributed by atoms with Crippen LogP contribution in [0.2, 0.25) is 0 Å². The molecule has 0 spiro atoms. The Morgan fingerprint density at radius 2 is 1.93 bits per heavy atom. The molecule has 1 aromatic carbocycles. The Bertz CT molecular complexity index is 688. The third kappa shape index (κ3) is 5.61. The van der Waals surface area contributed by atoms with Gasteiger partial charge in [0.1, 0.15) is 5.82 Å². The number of likely N-dealkylation sites (tertiary alicyclic amines) is 1. The zero-order chi connectivity index (χ0) is 20.1. The van der Waals surface area contributed by atoms with E-state index < -0.39 is 24.6 Å². The summed E-state index contributed by atoms with van der Waals surface area (Å²) in [6, 6.07) is 5.67. The number of carboxylic acid groups (broad SMARTS) is 1. The number of nitrogens with zero attached hydrogens (tertiary/aromatic N) is 1. The smallest absolute Gasteiger partial charge is 0.305 e. The van der Waals surface area contributed by atoms with Crippen molar-refractivity contribution in [2.75, 3.05) is 0 Å². The summed E-state index contributed by atoms with van der Waals surface area (Å²) in [5, 5.41) is 28.4. The maximum absolute atomic E-state index is 13.2. The molecule has 0 saturated carbocycles. The van der Waals surface area contributed by atoms with Crippen molar-refractivity contribution in [1.82, 2.24) is 4.90 Å². The van der Waals surface area contributed by atoms with Gasteiger partial charge in [0.15, 0.2) is 0 Å². The molecule has 0 unspecified atom stereocenters. The highest BCUT2D eigenvalue weighted by molar-refractivity contribution is 5.81. The number of hydrogen-bond donors (Lipinski definition) is 3. The summed E-state index contributed by atoms with van der Waals surface area (Å²) in [4.78, 5) is 24.8. The summed E-state index contributed by atoms with van der Waals surface area (Å²) >= 11 is 0. The maximum atomic E-state index is 13.2. The summed E-state index contributed by atoms with van der Waals surface area (Å²) in [6.45, 7) is 3.80. The zero-order valence-corrected chi connectivity index (χ0v) is 15.5. The van der Waals surface area contributed by atoms with Gasteiger partial charge in [0.2, 0.25) is 5.91 Å². The predicted molar refractivity (Wildman–Crippen MR) is 97.6 cm³/mol. The molecular weight excluding hydrogens is 353 g/mol. The number of carbonyl (C=O) groups excluding carboxylic acids is 1. The molecule has 7 heteroatoms. The second-order valence-electron chi connectivity index (χ2n) is 7.19. The number of aliphatic carboxylic acids is 1. The Morgan fingerprint density at radius 3 is 2.48 bits per heavy atom. The fourth-order valence-electron chi connectivity index (χ4n) is 3.54. The fraction of sp³-hybridized carbons (Fsp3) is 0.500. The number of aliphatic hydroxyl groups excluding tert-OH is 2. The zero-order valence-electron chi connectivity index (χ0n) is 15.5. The molecule has 1 amide bonds. The van der Waals surface area contributed by atoms with Crippen LogP contribution in [-0.4, -0.2) is 56.4 Å². The molecule has 3 N–H and O–H groups in total. The quantitative estimate of drug-likeness (QED) is 0.601. The molecule has 1 aliphatic heterocycles. The van der Waals surface area contributed by atoms with Gasteiger partial charge in [0.05, 0.1) is 24.7 Å². The van der Waals surface area contributed by atoms with E-state index in [9.17, 15) is 24.2 Å². The summed E-state index contributed by atoms with van der Waals surface area (Å²) in [7, 11) is 0. The molecule has 0 aromatic heterocycles. The molecular formula is C20H26FNO5. The molecule has 0 radical (unpaired) electrons. The number of aliphatic hydroxyl groups is 2. The van der Waals surface area contributed by atoms with E-state index in [0.29, 0.717) is 0 Å². The summed E-state index contributed by atoms with van der Waals surface area (Å²) in [5.74, 6) is -1.68. The SMILES string of the molecule is CC(C)N1C(=O)C[C@H](c2ccc(F)cc2)[C@@H]1C=C[C@H](O)C[C@@H](O)CC(=O)O. The molecule has 0 aliphatic carbocycles. The number of amides is 1. The molecule has 1 aliphatic rings. The van der Waals surface area contributed by atoms with Crippen LogP contribution < -0.4 is 0 Å². The van der Waals surface area contributed by atoms with Crippen LogP contribution in [-0.2, 0) is 9.59 Å². The minimum Gasteiger partial charge on any atom is -0.481 e. The van der Waals surface area contributed by atoms with Crippen molar-refractivity contribution >= 4 is 11.9 Å². The average Bonchev–Trinajstić information content (AvgIpc) is 2.89. The topological polar surface area (TPSA) is 98.1 Å². The highest BCUT2D eigenvalue weighted by atomic mass is 19.1. The van der Waals surface area contributed by atoms with Gasteiger partial charge in [0, 0.05) is 24.8 Å². The van der Waals surface area contributed by atoms with E-state index in [4.69, 9.17) is 5.11 Å². The van der Waals surface area contributed by atoms with Crippen LogP contribution in [0.4, 0.5) is 4.39 Å². The standard InChI is InChI=1S/C20H26FNO5/c1-12(2)22-18(8-7-15(23)9-16(24)10-20(26)27)17(11-19(22)25)13-3-5-14(21)6-4-13/h3-8,12,15-18,23-24H,9-11H2,1-2H3,(H,26,27)/t15-,16+,17+,18-/m0/s1. The summed E-state index contributed by atoms with van der Waals surface area (Å²) < 4.78 is 13.2. The number of carboxylic acids is 1. The summed E-state index contributed by atoms with van der Waals surface area (Å²) in [6.07, 6.45) is 0.767. The maximum Gasteiger partial charge on any atom is 0.305 e. The Labute approximate surface area is 157 Å². The molecule has 6 nitrogen and oxygen atoms in total. The molecule has 0 bridgehead atoms. The molecule has 2 rings (SSSR count). The first-order valence-corrected chi connectivity index (χ1v) is 9.02. The predicted octanol–water partition coefficient (Wildman–Crippen LogP) is 2.06. The monoisotopic (exact) mass is 379 g/mol. The van der Waals surface area contributed by atoms with Gasteiger partial charge in [0.25, 0.3) is 0 Å². The van der Waals surface area contributed by atoms with Crippen molar-refractivity contribution in [3.05, 3.63) is 47.8 Å². The minimum atomic E-state index is -1.15. The second kappa shape index (κ2) is 9.10. The highest BCUT2D eigenvalue weighted by Crippen LogP contribution is 2.36. The van der Waals surface area contributed by atoms with Gasteiger partial charge in [-0.25, -0.2) is 4.39 Å². The Hall–Kier alpha value is -2.25. The number of halogens is 1. The van der Waals surface area contributed by atoms with Crippen molar-refractivity contribution in [1.29, 1.82) is 0 Å². The molecule has 1 saturated heterocycles. The molecule has 148 valence electrons. The number of hydrogen-bond acceptors (Lipinski definition) is 4. The van der Waals surface area contributed by atoms with Crippen molar-refractivity contribution in [2.24, 2.45) is 0 Å². The van der Waals surface area contributed by atoms with Gasteiger partial charge in [-0.2, -0.15) is 0 Å². The Kier molecular flexibility index (Phi) is 7.10. The lowest BCUT2D eigenvalue weighted by Crippen LogP contribution is -2.39. The number of rotatable bonds is 8. The van der Waals surface area contributed by atoms with Gasteiger partial charge in [-0.3, -0.25) is 9.59 Å². The van der Waals surface area contributed by atoms with Gasteiger partial charge >= 0.3 is 5.97 Å². The van der Waals surface area contributed by atoms with E-state index in [1.165, 1.54) is 18.2 Å². The van der Waals surface area contributed by atoms with Gasteiger partial charge < -0.3 is 20.2 Å². The molecule has 1 aromatic rings. The first-order chi connectivity index (χ1) is 12.7. The van der Waals surface area contributed by atoms with E-state index >= 15 is 0 Å². The van der Waals surface area contributed by atoms with E-state index in [1.807, 2.05) is 13.8 Å². The van der Waals surface area contributed by atoms with Crippen LogP contribution in [0.1, 0.15) is 44.6 Å². The van der Waals surface area contributed by atoms with E-state index in [-0.39, 0.29) is 42.6 Å². The highest BCUT2D eigenvalue weighted by Gasteiger charge is 2.40. The lowest BCUT2D eigenvalue weighted by Gasteiger charge is -2.29. The van der Waals surface area contributed by atoms with Crippen LogP contribution in [0.15, 0.2) is 36.4 Å². The van der Waals surface area contributed by atoms with Crippen molar-refractivity contribution in [3.8, 4) is 0 Å². The molecule has 1 fully saturated rings. The third-order valence-electron chi connectivity index (χ3n) is 4.72. The molecule has 27 heavy (non-hydrogen) atoms. The van der Waals surface area contributed by atoms with Gasteiger partial charge in [-0.05, 0) is 31.5 Å². The van der Waals surface area contributed by atoms with Crippen molar-refractivity contribution in [2.45, 2.75) is 63.3 Å². The van der Waals surface area contributed by atoms with Crippen LogP contribution >= 0.6 is 0 Å². The van der Waals surface area contributed by atoms with Crippen LogP contribution in [0, 0.1) is 5.82 Å².